The Kier molecular flexibility index (Phi) is 5.36. The highest BCUT2D eigenvalue weighted by Crippen LogP contribution is 2.33. The van der Waals surface area contributed by atoms with E-state index in [1.54, 1.807) is 25.1 Å². The highest BCUT2D eigenvalue weighted by atomic mass is 32.2. The normalized spacial score (nSPS) is 15.4. The second-order valence-corrected chi connectivity index (χ2v) is 6.86. The highest BCUT2D eigenvalue weighted by molar-refractivity contribution is 8.18. The predicted octanol–water partition coefficient (Wildman–Crippen LogP) is 1.83. The van der Waals surface area contributed by atoms with Crippen molar-refractivity contribution in [2.24, 2.45) is 0 Å². The molecule has 0 aliphatic carbocycles. The van der Waals surface area contributed by atoms with Crippen molar-refractivity contribution in [3.63, 3.8) is 0 Å². The summed E-state index contributed by atoms with van der Waals surface area (Å²) in [5.74, 6) is -1.76. The molecule has 0 atom stereocenters. The third kappa shape index (κ3) is 3.84. The lowest BCUT2D eigenvalue weighted by atomic mass is 10.0. The number of imide groups is 1. The molecule has 0 N–H and O–H groups in total. The number of nitrogens with zero attached hydrogens (tertiary/aromatic N) is 1. The number of hydrogen-bond donors (Lipinski definition) is 0. The molecule has 1 saturated heterocycles. The predicted molar refractivity (Wildman–Crippen MR) is 97.9 cm³/mol. The van der Waals surface area contributed by atoms with Gasteiger partial charge in [-0.15, -0.1) is 0 Å². The SMILES string of the molecule is COC(=O)CN1C(=O)S/C(=C/c2ccc(-c3ccc(C(=O)[O-])cc3C)o2)C1=O. The summed E-state index contributed by atoms with van der Waals surface area (Å²) in [5, 5.41) is 10.4. The molecule has 2 aromatic rings. The Balaban J connectivity index is 1.83. The molecule has 28 heavy (non-hydrogen) atoms. The number of aryl methyl sites for hydroxylation is 1. The number of hydrogen-bond acceptors (Lipinski definition) is 8. The van der Waals surface area contributed by atoms with Crippen LogP contribution in [0.15, 0.2) is 39.7 Å². The van der Waals surface area contributed by atoms with Gasteiger partial charge >= 0.3 is 5.97 Å². The lowest BCUT2D eigenvalue weighted by Gasteiger charge is -2.09. The maximum absolute atomic E-state index is 12.3. The van der Waals surface area contributed by atoms with Crippen LogP contribution in [0.3, 0.4) is 0 Å². The van der Waals surface area contributed by atoms with Crippen LogP contribution in [0.25, 0.3) is 17.4 Å². The van der Waals surface area contributed by atoms with Gasteiger partial charge in [-0.25, -0.2) is 0 Å². The number of aromatic carboxylic acids is 1. The van der Waals surface area contributed by atoms with E-state index in [2.05, 4.69) is 4.74 Å². The number of amides is 2. The minimum Gasteiger partial charge on any atom is -0.545 e. The number of thioether (sulfide) groups is 1. The molecule has 144 valence electrons. The van der Waals surface area contributed by atoms with Crippen LogP contribution in [-0.4, -0.2) is 41.6 Å². The van der Waals surface area contributed by atoms with Crippen molar-refractivity contribution in [2.75, 3.05) is 13.7 Å². The van der Waals surface area contributed by atoms with E-state index >= 15 is 0 Å². The second-order valence-electron chi connectivity index (χ2n) is 5.86. The largest absolute Gasteiger partial charge is 0.545 e. The van der Waals surface area contributed by atoms with Gasteiger partial charge in [-0.1, -0.05) is 12.1 Å². The Morgan fingerprint density at radius 1 is 1.25 bits per heavy atom. The number of carboxylic acids is 1. The van der Waals surface area contributed by atoms with Crippen LogP contribution in [-0.2, 0) is 14.3 Å². The third-order valence-electron chi connectivity index (χ3n) is 4.02. The van der Waals surface area contributed by atoms with Crippen LogP contribution in [0.4, 0.5) is 4.79 Å². The summed E-state index contributed by atoms with van der Waals surface area (Å²) in [6.07, 6.45) is 1.41. The molecule has 9 heteroatoms. The number of carbonyl (C=O) groups excluding carboxylic acids is 4. The van der Waals surface area contributed by atoms with E-state index in [-0.39, 0.29) is 10.5 Å². The van der Waals surface area contributed by atoms with E-state index in [4.69, 9.17) is 4.42 Å². The lowest BCUT2D eigenvalue weighted by Crippen LogP contribution is -2.34. The zero-order valence-corrected chi connectivity index (χ0v) is 15.7. The molecular weight excluding hydrogens is 386 g/mol. The summed E-state index contributed by atoms with van der Waals surface area (Å²) < 4.78 is 10.2. The number of carbonyl (C=O) groups is 4. The van der Waals surface area contributed by atoms with Gasteiger partial charge in [-0.2, -0.15) is 0 Å². The maximum atomic E-state index is 12.3. The fourth-order valence-corrected chi connectivity index (χ4v) is 3.42. The standard InChI is InChI=1S/C19H15NO7S/c1-10-7-11(18(23)24)3-5-13(10)14-6-4-12(27-14)8-15-17(22)20(19(25)28-15)9-16(21)26-2/h3-8H,9H2,1-2H3,(H,23,24)/p-1/b15-8+. The molecule has 3 rings (SSSR count). The lowest BCUT2D eigenvalue weighted by molar-refractivity contribution is -0.255. The number of rotatable bonds is 5. The van der Waals surface area contributed by atoms with E-state index in [9.17, 15) is 24.3 Å². The fourth-order valence-electron chi connectivity index (χ4n) is 2.60. The monoisotopic (exact) mass is 400 g/mol. The van der Waals surface area contributed by atoms with Crippen molar-refractivity contribution >= 4 is 40.9 Å². The number of furan rings is 1. The highest BCUT2D eigenvalue weighted by Gasteiger charge is 2.36. The average molecular weight is 400 g/mol. The van der Waals surface area contributed by atoms with Crippen LogP contribution >= 0.6 is 11.8 Å². The molecule has 1 aromatic heterocycles. The zero-order chi connectivity index (χ0) is 20.4. The summed E-state index contributed by atoms with van der Waals surface area (Å²) in [6.45, 7) is 1.29. The molecule has 0 spiro atoms. The van der Waals surface area contributed by atoms with Crippen molar-refractivity contribution in [2.45, 2.75) is 6.92 Å². The van der Waals surface area contributed by atoms with E-state index in [0.717, 1.165) is 4.90 Å². The van der Waals surface area contributed by atoms with Crippen molar-refractivity contribution in [3.8, 4) is 11.3 Å². The topological polar surface area (TPSA) is 117 Å². The first kappa shape index (κ1) is 19.4. The van der Waals surface area contributed by atoms with Crippen LogP contribution < -0.4 is 5.11 Å². The van der Waals surface area contributed by atoms with Crippen LogP contribution in [0.5, 0.6) is 0 Å². The van der Waals surface area contributed by atoms with Gasteiger partial charge in [0.1, 0.15) is 18.1 Å². The van der Waals surface area contributed by atoms with Crippen LogP contribution in [0, 0.1) is 6.92 Å². The maximum Gasteiger partial charge on any atom is 0.325 e. The Morgan fingerprint density at radius 3 is 2.64 bits per heavy atom. The van der Waals surface area contributed by atoms with E-state index in [0.29, 0.717) is 34.4 Å². The summed E-state index contributed by atoms with van der Waals surface area (Å²) in [6, 6.07) is 7.79. The summed E-state index contributed by atoms with van der Waals surface area (Å²) in [4.78, 5) is 47.4. The molecule has 1 aliphatic rings. The first-order valence-corrected chi connectivity index (χ1v) is 8.86. The summed E-state index contributed by atoms with van der Waals surface area (Å²) >= 11 is 0.701. The Hall–Kier alpha value is -3.33. The minimum absolute atomic E-state index is 0.0623. The fraction of sp³-hybridized carbons (Fsp3) is 0.158. The molecule has 2 amide bonds. The molecule has 1 aromatic carbocycles. The van der Waals surface area contributed by atoms with Gasteiger partial charge in [0.05, 0.1) is 18.0 Å². The first-order valence-electron chi connectivity index (χ1n) is 8.04. The molecule has 0 radical (unpaired) electrons. The number of methoxy groups -OCH3 is 1. The molecular formula is C19H14NO7S-. The zero-order valence-electron chi connectivity index (χ0n) is 14.9. The van der Waals surface area contributed by atoms with Gasteiger partial charge < -0.3 is 19.1 Å². The van der Waals surface area contributed by atoms with Crippen LogP contribution in [0.1, 0.15) is 21.7 Å². The quantitative estimate of drug-likeness (QED) is 0.551. The van der Waals surface area contributed by atoms with Gasteiger partial charge in [0.25, 0.3) is 11.1 Å². The summed E-state index contributed by atoms with van der Waals surface area (Å²) in [5.41, 5.74) is 1.43. The van der Waals surface area contributed by atoms with Gasteiger partial charge in [0, 0.05) is 11.6 Å². The number of benzene rings is 1. The van der Waals surface area contributed by atoms with Gasteiger partial charge in [-0.3, -0.25) is 19.3 Å². The van der Waals surface area contributed by atoms with E-state index in [1.165, 1.54) is 25.3 Å². The smallest absolute Gasteiger partial charge is 0.325 e. The van der Waals surface area contributed by atoms with E-state index in [1.807, 2.05) is 0 Å². The first-order chi connectivity index (χ1) is 13.3. The molecule has 1 fully saturated rings. The molecule has 2 heterocycles. The Labute approximate surface area is 163 Å². The number of esters is 1. The molecule has 0 bridgehead atoms. The number of ether oxygens (including phenoxy) is 1. The third-order valence-corrected chi connectivity index (χ3v) is 4.92. The van der Waals surface area contributed by atoms with E-state index < -0.39 is 29.6 Å². The molecule has 8 nitrogen and oxygen atoms in total. The van der Waals surface area contributed by atoms with Gasteiger partial charge in [0.15, 0.2) is 0 Å². The van der Waals surface area contributed by atoms with Crippen molar-refractivity contribution in [1.29, 1.82) is 0 Å². The Morgan fingerprint density at radius 2 is 2.00 bits per heavy atom. The number of carboxylic acid groups (broad SMARTS) is 1. The molecule has 0 saturated carbocycles. The molecule has 0 unspecified atom stereocenters. The summed E-state index contributed by atoms with van der Waals surface area (Å²) in [7, 11) is 1.17. The second kappa shape index (κ2) is 7.73. The molecule has 1 aliphatic heterocycles. The van der Waals surface area contributed by atoms with Crippen molar-refractivity contribution in [1.82, 2.24) is 4.90 Å². The van der Waals surface area contributed by atoms with Crippen molar-refractivity contribution < 1.29 is 33.4 Å². The Bertz CT molecular complexity index is 1020. The van der Waals surface area contributed by atoms with Crippen LogP contribution in [0.2, 0.25) is 0 Å². The van der Waals surface area contributed by atoms with Gasteiger partial charge in [0.2, 0.25) is 0 Å². The minimum atomic E-state index is -1.27. The van der Waals surface area contributed by atoms with Crippen molar-refractivity contribution in [3.05, 3.63) is 52.1 Å². The van der Waals surface area contributed by atoms with Gasteiger partial charge in [-0.05, 0) is 48.0 Å². The average Bonchev–Trinajstić information content (AvgIpc) is 3.21.